The quantitative estimate of drug-likeness (QED) is 0.473. The molecule has 0 bridgehead atoms. The van der Waals surface area contributed by atoms with Crippen molar-refractivity contribution in [1.29, 1.82) is 5.41 Å². The van der Waals surface area contributed by atoms with Gasteiger partial charge in [0.15, 0.2) is 0 Å². The van der Waals surface area contributed by atoms with Gasteiger partial charge in [-0.3, -0.25) is 0 Å². The van der Waals surface area contributed by atoms with Crippen LogP contribution in [0.25, 0.3) is 0 Å². The van der Waals surface area contributed by atoms with Crippen LogP contribution in [-0.2, 0) is 0 Å². The van der Waals surface area contributed by atoms with E-state index in [1.807, 2.05) is 20.8 Å². The summed E-state index contributed by atoms with van der Waals surface area (Å²) in [7, 11) is 0. The number of hydrogen-bond donors (Lipinski definition) is 1. The third-order valence-corrected chi connectivity index (χ3v) is 2.27. The van der Waals surface area contributed by atoms with Crippen LogP contribution < -0.4 is 0 Å². The predicted molar refractivity (Wildman–Crippen MR) is 51.1 cm³/mol. The highest BCUT2D eigenvalue weighted by molar-refractivity contribution is 5.96. The molecule has 0 atom stereocenters. The van der Waals surface area contributed by atoms with Gasteiger partial charge in [0.25, 0.3) is 0 Å². The van der Waals surface area contributed by atoms with Crippen LogP contribution in [0.15, 0.2) is 24.3 Å². The molecule has 0 aromatic heterocycles. The first kappa shape index (κ1) is 10.2. The Labute approximate surface area is 69.3 Å². The number of hydrogen-bond acceptors (Lipinski definition) is 1. The fraction of sp³-hybridized carbons (Fsp3) is 0.500. The Balaban J connectivity index is 4.70. The third kappa shape index (κ3) is 2.04. The molecule has 0 rings (SSSR count). The molecule has 0 unspecified atom stereocenters. The Morgan fingerprint density at radius 3 is 1.64 bits per heavy atom. The Morgan fingerprint density at radius 2 is 1.55 bits per heavy atom. The Morgan fingerprint density at radius 1 is 1.18 bits per heavy atom. The molecule has 0 saturated heterocycles. The van der Waals surface area contributed by atoms with Crippen LogP contribution in [0, 0.1) is 10.8 Å². The van der Waals surface area contributed by atoms with Crippen molar-refractivity contribution >= 4 is 5.71 Å². The first-order valence-corrected chi connectivity index (χ1v) is 3.71. The second-order valence-electron chi connectivity index (χ2n) is 3.51. The second kappa shape index (κ2) is 3.04. The Bertz CT molecular complexity index is 209. The van der Waals surface area contributed by atoms with Crippen molar-refractivity contribution in [3.8, 4) is 0 Å². The lowest BCUT2D eigenvalue weighted by Gasteiger charge is -2.27. The molecule has 11 heavy (non-hydrogen) atoms. The van der Waals surface area contributed by atoms with Gasteiger partial charge in [-0.05, 0) is 19.4 Å². The van der Waals surface area contributed by atoms with Crippen molar-refractivity contribution in [2.24, 2.45) is 5.41 Å². The Kier molecular flexibility index (Phi) is 2.80. The summed E-state index contributed by atoms with van der Waals surface area (Å²) in [4.78, 5) is 0. The lowest BCUT2D eigenvalue weighted by atomic mass is 9.77. The summed E-state index contributed by atoms with van der Waals surface area (Å²) in [6.07, 6.45) is 0. The molecule has 1 nitrogen and oxygen atoms in total. The van der Waals surface area contributed by atoms with E-state index >= 15 is 0 Å². The maximum Gasteiger partial charge on any atom is 0.0317 e. The van der Waals surface area contributed by atoms with Crippen molar-refractivity contribution in [2.45, 2.75) is 27.7 Å². The summed E-state index contributed by atoms with van der Waals surface area (Å²) in [6, 6.07) is 0. The molecule has 0 aliphatic heterocycles. The normalized spacial score (nSPS) is 10.9. The summed E-state index contributed by atoms with van der Waals surface area (Å²) in [5.41, 5.74) is 2.31. The van der Waals surface area contributed by atoms with Crippen LogP contribution in [0.5, 0.6) is 0 Å². The molecule has 0 fully saturated rings. The van der Waals surface area contributed by atoms with Crippen LogP contribution >= 0.6 is 0 Å². The minimum atomic E-state index is -0.133. The SMILES string of the molecule is C=C(C)C(C)(C)C(=C)C(C)=N. The monoisotopic (exact) mass is 151 g/mol. The maximum atomic E-state index is 7.41. The van der Waals surface area contributed by atoms with E-state index in [-0.39, 0.29) is 5.41 Å². The maximum absolute atomic E-state index is 7.41. The van der Waals surface area contributed by atoms with Gasteiger partial charge in [-0.1, -0.05) is 32.6 Å². The highest BCUT2D eigenvalue weighted by atomic mass is 14.4. The molecule has 0 radical (unpaired) electrons. The van der Waals surface area contributed by atoms with Gasteiger partial charge in [-0.2, -0.15) is 0 Å². The van der Waals surface area contributed by atoms with Gasteiger partial charge in [-0.25, -0.2) is 0 Å². The molecule has 0 aliphatic rings. The average molecular weight is 151 g/mol. The van der Waals surface area contributed by atoms with Crippen molar-refractivity contribution < 1.29 is 0 Å². The zero-order valence-corrected chi connectivity index (χ0v) is 7.91. The summed E-state index contributed by atoms with van der Waals surface area (Å²) in [5, 5.41) is 7.41. The van der Waals surface area contributed by atoms with Crippen LogP contribution in [0.1, 0.15) is 27.7 Å². The van der Waals surface area contributed by atoms with E-state index in [1.54, 1.807) is 6.92 Å². The molecule has 0 aliphatic carbocycles. The van der Waals surface area contributed by atoms with Gasteiger partial charge in [0.2, 0.25) is 0 Å². The number of allylic oxidation sites excluding steroid dienone is 2. The van der Waals surface area contributed by atoms with Crippen molar-refractivity contribution in [3.63, 3.8) is 0 Å². The fourth-order valence-corrected chi connectivity index (χ4v) is 0.726. The molecular weight excluding hydrogens is 134 g/mol. The van der Waals surface area contributed by atoms with Gasteiger partial charge in [0, 0.05) is 11.1 Å². The van der Waals surface area contributed by atoms with Gasteiger partial charge in [0.1, 0.15) is 0 Å². The van der Waals surface area contributed by atoms with E-state index in [0.717, 1.165) is 11.1 Å². The average Bonchev–Trinajstić information content (AvgIpc) is 1.85. The second-order valence-corrected chi connectivity index (χ2v) is 3.51. The molecule has 0 heterocycles. The highest BCUT2D eigenvalue weighted by Crippen LogP contribution is 2.32. The summed E-state index contributed by atoms with van der Waals surface area (Å²) >= 11 is 0. The van der Waals surface area contributed by atoms with Crippen LogP contribution in [0.2, 0.25) is 0 Å². The van der Waals surface area contributed by atoms with Gasteiger partial charge in [0.05, 0.1) is 0 Å². The smallest absolute Gasteiger partial charge is 0.0317 e. The predicted octanol–water partition coefficient (Wildman–Crippen LogP) is 3.18. The third-order valence-electron chi connectivity index (χ3n) is 2.27. The number of rotatable bonds is 3. The molecule has 1 N–H and O–H groups in total. The largest absolute Gasteiger partial charge is 0.305 e. The van der Waals surface area contributed by atoms with Crippen molar-refractivity contribution in [1.82, 2.24) is 0 Å². The summed E-state index contributed by atoms with van der Waals surface area (Å²) in [5.74, 6) is 0. The fourth-order valence-electron chi connectivity index (χ4n) is 0.726. The zero-order valence-electron chi connectivity index (χ0n) is 7.91. The minimum Gasteiger partial charge on any atom is -0.305 e. The zero-order chi connectivity index (χ0) is 9.23. The summed E-state index contributed by atoms with van der Waals surface area (Å²) in [6.45, 7) is 15.5. The van der Waals surface area contributed by atoms with Crippen LogP contribution in [-0.4, -0.2) is 5.71 Å². The van der Waals surface area contributed by atoms with E-state index in [1.165, 1.54) is 0 Å². The Hall–Kier alpha value is -0.850. The van der Waals surface area contributed by atoms with Crippen LogP contribution in [0.4, 0.5) is 0 Å². The molecule has 0 amide bonds. The van der Waals surface area contributed by atoms with Crippen molar-refractivity contribution in [3.05, 3.63) is 24.3 Å². The van der Waals surface area contributed by atoms with Gasteiger partial charge in [-0.15, -0.1) is 0 Å². The summed E-state index contributed by atoms with van der Waals surface area (Å²) < 4.78 is 0. The van der Waals surface area contributed by atoms with Crippen molar-refractivity contribution in [2.75, 3.05) is 0 Å². The van der Waals surface area contributed by atoms with Gasteiger partial charge < -0.3 is 5.41 Å². The molecule has 0 saturated carbocycles. The molecule has 0 aromatic carbocycles. The molecule has 62 valence electrons. The molecule has 1 heteroatoms. The lowest BCUT2D eigenvalue weighted by molar-refractivity contribution is 0.563. The lowest BCUT2D eigenvalue weighted by Crippen LogP contribution is -2.19. The van der Waals surface area contributed by atoms with E-state index in [2.05, 4.69) is 13.2 Å². The minimum absolute atomic E-state index is 0.133. The molecule has 0 aromatic rings. The highest BCUT2D eigenvalue weighted by Gasteiger charge is 2.23. The molecule has 0 spiro atoms. The molecular formula is C10H17N. The van der Waals surface area contributed by atoms with E-state index < -0.39 is 0 Å². The van der Waals surface area contributed by atoms with E-state index in [4.69, 9.17) is 5.41 Å². The first-order valence-electron chi connectivity index (χ1n) is 3.71. The topological polar surface area (TPSA) is 23.9 Å². The standard InChI is InChI=1S/C10H17N/c1-7(2)10(5,6)8(3)9(4)11/h11H,1,3H2,2,4-6H3. The van der Waals surface area contributed by atoms with Gasteiger partial charge >= 0.3 is 0 Å². The van der Waals surface area contributed by atoms with E-state index in [0.29, 0.717) is 5.71 Å². The first-order chi connectivity index (χ1) is 4.80. The van der Waals surface area contributed by atoms with Crippen LogP contribution in [0.3, 0.4) is 0 Å². The van der Waals surface area contributed by atoms with E-state index in [9.17, 15) is 0 Å². The number of nitrogens with one attached hydrogen (secondary N) is 1.